The van der Waals surface area contributed by atoms with Gasteiger partial charge in [0.1, 0.15) is 11.1 Å². The lowest BCUT2D eigenvalue weighted by molar-refractivity contribution is 0.0991. The number of aromatic amines is 1. The maximum absolute atomic E-state index is 13.9. The molecular weight excluding hydrogens is 404 g/mol. The molecule has 1 N–H and O–H groups in total. The van der Waals surface area contributed by atoms with Crippen LogP contribution in [0.25, 0.3) is 10.9 Å². The number of carbonyl (C=O) groups excluding carboxylic acids is 1. The maximum atomic E-state index is 13.9. The van der Waals surface area contributed by atoms with Crippen molar-refractivity contribution in [1.29, 1.82) is 0 Å². The van der Waals surface area contributed by atoms with Gasteiger partial charge in [0.2, 0.25) is 0 Å². The van der Waals surface area contributed by atoms with E-state index in [0.717, 1.165) is 46.0 Å². The van der Waals surface area contributed by atoms with Crippen molar-refractivity contribution < 1.29 is 4.79 Å². The molecule has 0 aliphatic heterocycles. The Hall–Kier alpha value is -2.86. The van der Waals surface area contributed by atoms with Gasteiger partial charge in [0.05, 0.1) is 0 Å². The molecule has 0 unspecified atom stereocenters. The second-order valence-corrected chi connectivity index (χ2v) is 9.10. The van der Waals surface area contributed by atoms with Gasteiger partial charge in [-0.05, 0) is 37.3 Å². The van der Waals surface area contributed by atoms with Crippen molar-refractivity contribution in [3.05, 3.63) is 77.2 Å². The first-order chi connectivity index (χ1) is 15.2. The summed E-state index contributed by atoms with van der Waals surface area (Å²) in [6.45, 7) is 5.06. The third kappa shape index (κ3) is 3.69. The number of H-pyrrole nitrogens is 1. The van der Waals surface area contributed by atoms with E-state index in [1.807, 2.05) is 48.7 Å². The molecule has 0 spiro atoms. The molecule has 158 valence electrons. The van der Waals surface area contributed by atoms with Crippen molar-refractivity contribution in [2.45, 2.75) is 56.0 Å². The molecule has 0 radical (unpaired) electrons. The third-order valence-electron chi connectivity index (χ3n) is 6.02. The molecule has 5 rings (SSSR count). The van der Waals surface area contributed by atoms with Crippen LogP contribution in [0.15, 0.2) is 59.9 Å². The van der Waals surface area contributed by atoms with Gasteiger partial charge in [-0.1, -0.05) is 67.2 Å². The van der Waals surface area contributed by atoms with Crippen LogP contribution in [0.2, 0.25) is 0 Å². The largest absolute Gasteiger partial charge is 0.360 e. The predicted molar refractivity (Wildman–Crippen MR) is 125 cm³/mol. The van der Waals surface area contributed by atoms with E-state index in [4.69, 9.17) is 0 Å². The lowest BCUT2D eigenvalue weighted by atomic mass is 10.0. The summed E-state index contributed by atoms with van der Waals surface area (Å²) in [7, 11) is 0. The van der Waals surface area contributed by atoms with Crippen molar-refractivity contribution in [1.82, 2.24) is 19.7 Å². The minimum atomic E-state index is -0.382. The van der Waals surface area contributed by atoms with Gasteiger partial charge < -0.3 is 9.55 Å². The summed E-state index contributed by atoms with van der Waals surface area (Å²) < 4.78 is 2.18. The SMILES string of the molecule is CCc1cccc2c(C(=O)[C@@H](Sc3nnc(C4CC4)n3CC)c3ccccc3)c[nH]c12. The van der Waals surface area contributed by atoms with Gasteiger partial charge in [-0.2, -0.15) is 0 Å². The Labute approximate surface area is 186 Å². The molecule has 0 saturated heterocycles. The smallest absolute Gasteiger partial charge is 0.192 e. The van der Waals surface area contributed by atoms with Gasteiger partial charge in [-0.15, -0.1) is 10.2 Å². The van der Waals surface area contributed by atoms with Crippen molar-refractivity contribution in [2.75, 3.05) is 0 Å². The summed E-state index contributed by atoms with van der Waals surface area (Å²) in [5.41, 5.74) is 3.99. The summed E-state index contributed by atoms with van der Waals surface area (Å²) in [6, 6.07) is 16.2. The highest BCUT2D eigenvalue weighted by molar-refractivity contribution is 8.00. The number of hydrogen-bond donors (Lipinski definition) is 1. The molecule has 6 heteroatoms. The minimum Gasteiger partial charge on any atom is -0.360 e. The van der Waals surface area contributed by atoms with E-state index in [0.29, 0.717) is 5.92 Å². The molecule has 1 fully saturated rings. The zero-order chi connectivity index (χ0) is 21.4. The minimum absolute atomic E-state index is 0.0920. The fourth-order valence-electron chi connectivity index (χ4n) is 4.19. The fraction of sp³-hybridized carbons (Fsp3) is 0.320. The number of aryl methyl sites for hydroxylation is 1. The number of rotatable bonds is 8. The topological polar surface area (TPSA) is 63.6 Å². The van der Waals surface area contributed by atoms with Crippen LogP contribution in [0.5, 0.6) is 0 Å². The van der Waals surface area contributed by atoms with Crippen LogP contribution in [-0.2, 0) is 13.0 Å². The number of ketones is 1. The Balaban J connectivity index is 1.56. The molecule has 31 heavy (non-hydrogen) atoms. The number of hydrogen-bond acceptors (Lipinski definition) is 4. The molecule has 0 amide bonds. The van der Waals surface area contributed by atoms with E-state index in [-0.39, 0.29) is 11.0 Å². The van der Waals surface area contributed by atoms with E-state index in [1.165, 1.54) is 30.2 Å². The average Bonchev–Trinajstić information content (AvgIpc) is 3.43. The molecule has 2 aromatic carbocycles. The Morgan fingerprint density at radius 1 is 1.13 bits per heavy atom. The Morgan fingerprint density at radius 3 is 2.65 bits per heavy atom. The van der Waals surface area contributed by atoms with Crippen LogP contribution >= 0.6 is 11.8 Å². The summed E-state index contributed by atoms with van der Waals surface area (Å²) in [5.74, 6) is 1.67. The normalized spacial score (nSPS) is 14.8. The number of aromatic nitrogens is 4. The molecule has 1 aliphatic carbocycles. The highest BCUT2D eigenvalue weighted by Gasteiger charge is 2.32. The quantitative estimate of drug-likeness (QED) is 0.278. The fourth-order valence-corrected chi connectivity index (χ4v) is 5.37. The highest BCUT2D eigenvalue weighted by Crippen LogP contribution is 2.43. The van der Waals surface area contributed by atoms with Crippen molar-refractivity contribution in [2.24, 2.45) is 0 Å². The van der Waals surface area contributed by atoms with E-state index >= 15 is 0 Å². The van der Waals surface area contributed by atoms with Crippen LogP contribution in [0.4, 0.5) is 0 Å². The van der Waals surface area contributed by atoms with Gasteiger partial charge in [-0.3, -0.25) is 4.79 Å². The van der Waals surface area contributed by atoms with Gasteiger partial charge in [0.15, 0.2) is 10.9 Å². The van der Waals surface area contributed by atoms with E-state index < -0.39 is 0 Å². The Kier molecular flexibility index (Phi) is 5.40. The van der Waals surface area contributed by atoms with Crippen molar-refractivity contribution in [3.63, 3.8) is 0 Å². The van der Waals surface area contributed by atoms with Crippen LogP contribution < -0.4 is 0 Å². The molecule has 1 aliphatic rings. The van der Waals surface area contributed by atoms with E-state index in [9.17, 15) is 4.79 Å². The molecule has 2 heterocycles. The molecule has 2 aromatic heterocycles. The summed E-state index contributed by atoms with van der Waals surface area (Å²) in [6.07, 6.45) is 5.15. The van der Waals surface area contributed by atoms with E-state index in [2.05, 4.69) is 39.7 Å². The summed E-state index contributed by atoms with van der Waals surface area (Å²) in [5, 5.41) is 10.4. The highest BCUT2D eigenvalue weighted by atomic mass is 32.2. The molecule has 5 nitrogen and oxygen atoms in total. The van der Waals surface area contributed by atoms with E-state index in [1.54, 1.807) is 0 Å². The van der Waals surface area contributed by atoms with Gasteiger partial charge in [0.25, 0.3) is 0 Å². The first kappa shape index (κ1) is 20.1. The molecule has 4 aromatic rings. The lowest BCUT2D eigenvalue weighted by Crippen LogP contribution is -2.11. The number of para-hydroxylation sites is 1. The lowest BCUT2D eigenvalue weighted by Gasteiger charge is -2.16. The number of thioether (sulfide) groups is 1. The third-order valence-corrected chi connectivity index (χ3v) is 7.25. The van der Waals surface area contributed by atoms with Crippen LogP contribution in [0.1, 0.15) is 65.2 Å². The summed E-state index contributed by atoms with van der Waals surface area (Å²) in [4.78, 5) is 17.2. The molecular formula is C25H26N4OS. The van der Waals surface area contributed by atoms with Crippen molar-refractivity contribution in [3.8, 4) is 0 Å². The monoisotopic (exact) mass is 430 g/mol. The zero-order valence-electron chi connectivity index (χ0n) is 17.8. The van der Waals surface area contributed by atoms with Crippen LogP contribution in [0.3, 0.4) is 0 Å². The standard InChI is InChI=1S/C25H26N4OS/c1-3-16-11-8-12-19-20(15-26-21(16)19)22(30)23(17-9-6-5-7-10-17)31-25-28-27-24(18-13-14-18)29(25)4-2/h5-12,15,18,23,26H,3-4,13-14H2,1-2H3/t23-/m0/s1. The van der Waals surface area contributed by atoms with Gasteiger partial charge in [0, 0.05) is 35.1 Å². The Bertz CT molecular complexity index is 1220. The van der Waals surface area contributed by atoms with Gasteiger partial charge >= 0.3 is 0 Å². The first-order valence-corrected chi connectivity index (χ1v) is 11.9. The van der Waals surface area contributed by atoms with Crippen molar-refractivity contribution >= 4 is 28.4 Å². The molecule has 1 atom stereocenters. The Morgan fingerprint density at radius 2 is 1.94 bits per heavy atom. The van der Waals surface area contributed by atoms with Crippen LogP contribution in [-0.4, -0.2) is 25.5 Å². The number of Topliss-reactive ketones (excluding diaryl/α,β-unsaturated/α-hetero) is 1. The second-order valence-electron chi connectivity index (χ2n) is 8.03. The number of carbonyl (C=O) groups is 1. The molecule has 1 saturated carbocycles. The molecule has 0 bridgehead atoms. The number of nitrogens with one attached hydrogen (secondary N) is 1. The second kappa shape index (κ2) is 8.35. The van der Waals surface area contributed by atoms with Crippen LogP contribution in [0, 0.1) is 0 Å². The predicted octanol–water partition coefficient (Wildman–Crippen LogP) is 5.94. The summed E-state index contributed by atoms with van der Waals surface area (Å²) >= 11 is 1.51. The number of fused-ring (bicyclic) bond motifs is 1. The first-order valence-electron chi connectivity index (χ1n) is 11.0. The number of benzene rings is 2. The number of nitrogens with zero attached hydrogens (tertiary/aromatic N) is 3. The van der Waals surface area contributed by atoms with Gasteiger partial charge in [-0.25, -0.2) is 0 Å². The average molecular weight is 431 g/mol. The zero-order valence-corrected chi connectivity index (χ0v) is 18.7. The maximum Gasteiger partial charge on any atom is 0.192 e.